The Bertz CT molecular complexity index is 1090. The van der Waals surface area contributed by atoms with E-state index in [9.17, 15) is 8.42 Å². The van der Waals surface area contributed by atoms with E-state index in [4.69, 9.17) is 0 Å². The Morgan fingerprint density at radius 2 is 1.97 bits per heavy atom. The van der Waals surface area contributed by atoms with Gasteiger partial charge in [0.1, 0.15) is 5.82 Å². The van der Waals surface area contributed by atoms with Crippen LogP contribution in [0.5, 0.6) is 0 Å². The molecule has 0 spiro atoms. The molecule has 2 heterocycles. The molecule has 2 aromatic heterocycles. The number of aliphatic imine (C=N–C) groups is 1. The number of nitrogens with zero attached hydrogens (tertiary/aromatic N) is 4. The first-order valence-corrected chi connectivity index (χ1v) is 11.0. The van der Waals surface area contributed by atoms with Crippen LogP contribution in [0, 0.1) is 0 Å². The van der Waals surface area contributed by atoms with E-state index in [0.29, 0.717) is 19.0 Å². The zero-order chi connectivity index (χ0) is 21.6. The van der Waals surface area contributed by atoms with Gasteiger partial charge in [-0.05, 0) is 11.6 Å². The Hall–Kier alpha value is -2.38. The molecule has 9 nitrogen and oxygen atoms in total. The van der Waals surface area contributed by atoms with Crippen molar-refractivity contribution < 1.29 is 8.42 Å². The van der Waals surface area contributed by atoms with Gasteiger partial charge >= 0.3 is 0 Å². The van der Waals surface area contributed by atoms with Gasteiger partial charge in [-0.25, -0.2) is 18.1 Å². The van der Waals surface area contributed by atoms with Crippen LogP contribution in [0.1, 0.15) is 5.82 Å². The highest BCUT2D eigenvalue weighted by atomic mass is 127. The number of imidazole rings is 1. The summed E-state index contributed by atoms with van der Waals surface area (Å²) in [5.41, 5.74) is 2.03. The number of hydrogen-bond acceptors (Lipinski definition) is 4. The van der Waals surface area contributed by atoms with Gasteiger partial charge in [-0.15, -0.1) is 24.0 Å². The average Bonchev–Trinajstić information content (AvgIpc) is 3.38. The number of aryl methyl sites for hydroxylation is 1. The van der Waals surface area contributed by atoms with E-state index in [1.807, 2.05) is 48.5 Å². The van der Waals surface area contributed by atoms with Gasteiger partial charge in [0, 0.05) is 46.6 Å². The van der Waals surface area contributed by atoms with E-state index < -0.39 is 10.0 Å². The lowest BCUT2D eigenvalue weighted by Gasteiger charge is -2.21. The molecule has 0 fully saturated rings. The normalized spacial score (nSPS) is 11.8. The molecule has 0 unspecified atom stereocenters. The fourth-order valence-electron chi connectivity index (χ4n) is 2.97. The second-order valence-corrected chi connectivity index (χ2v) is 8.62. The van der Waals surface area contributed by atoms with Gasteiger partial charge < -0.3 is 19.8 Å². The van der Waals surface area contributed by atoms with Crippen LogP contribution in [0.3, 0.4) is 0 Å². The maximum absolute atomic E-state index is 12.2. The van der Waals surface area contributed by atoms with Crippen molar-refractivity contribution in [2.75, 3.05) is 27.2 Å². The fraction of sp³-hybridized carbons (Fsp3) is 0.300. The lowest BCUT2D eigenvalue weighted by Crippen LogP contribution is -2.42. The number of nitrogens with one attached hydrogen (secondary N) is 3. The Labute approximate surface area is 200 Å². The number of aromatic nitrogens is 3. The first kappa shape index (κ1) is 24.9. The van der Waals surface area contributed by atoms with Crippen molar-refractivity contribution in [2.45, 2.75) is 11.4 Å². The van der Waals surface area contributed by atoms with E-state index >= 15 is 0 Å². The zero-order valence-corrected chi connectivity index (χ0v) is 20.9. The van der Waals surface area contributed by atoms with E-state index in [0.717, 1.165) is 17.1 Å². The van der Waals surface area contributed by atoms with Crippen molar-refractivity contribution in [3.05, 3.63) is 60.8 Å². The number of sulfonamides is 1. The average molecular weight is 557 g/mol. The summed E-state index contributed by atoms with van der Waals surface area (Å²) in [7, 11) is 1.85. The van der Waals surface area contributed by atoms with Crippen molar-refractivity contribution in [1.82, 2.24) is 29.5 Å². The summed E-state index contributed by atoms with van der Waals surface area (Å²) in [4.78, 5) is 14.2. The molecule has 3 aromatic rings. The molecular formula is C20H28IN7O2S. The fourth-order valence-corrected chi connectivity index (χ4v) is 4.05. The van der Waals surface area contributed by atoms with Crippen LogP contribution >= 0.6 is 24.0 Å². The third kappa shape index (κ3) is 6.80. The van der Waals surface area contributed by atoms with Crippen LogP contribution in [0.15, 0.2) is 64.9 Å². The van der Waals surface area contributed by atoms with Gasteiger partial charge in [0.25, 0.3) is 0 Å². The Kier molecular flexibility index (Phi) is 9.07. The number of aromatic amines is 1. The van der Waals surface area contributed by atoms with Crippen molar-refractivity contribution in [1.29, 1.82) is 0 Å². The third-order valence-electron chi connectivity index (χ3n) is 4.49. The summed E-state index contributed by atoms with van der Waals surface area (Å²) < 4.78 is 28.8. The molecular weight excluding hydrogens is 529 g/mol. The van der Waals surface area contributed by atoms with Crippen LogP contribution in [0.4, 0.5) is 0 Å². The van der Waals surface area contributed by atoms with Gasteiger partial charge in [0.15, 0.2) is 5.96 Å². The number of H-pyrrole nitrogens is 1. The molecule has 168 valence electrons. The summed E-state index contributed by atoms with van der Waals surface area (Å²) in [6, 6.07) is 11.6. The molecule has 11 heteroatoms. The predicted molar refractivity (Wildman–Crippen MR) is 133 cm³/mol. The topological polar surface area (TPSA) is 107 Å². The minimum atomic E-state index is -3.52. The quantitative estimate of drug-likeness (QED) is 0.170. The van der Waals surface area contributed by atoms with E-state index in [2.05, 4.69) is 25.0 Å². The number of halogens is 1. The minimum absolute atomic E-state index is 0. The lowest BCUT2D eigenvalue weighted by atomic mass is 10.2. The third-order valence-corrected chi connectivity index (χ3v) is 5.94. The summed E-state index contributed by atoms with van der Waals surface area (Å²) in [6.45, 7) is 1.17. The Morgan fingerprint density at radius 1 is 1.23 bits per heavy atom. The second-order valence-electron chi connectivity index (χ2n) is 6.85. The summed E-state index contributed by atoms with van der Waals surface area (Å²) >= 11 is 0. The number of hydrogen-bond donors (Lipinski definition) is 3. The molecule has 3 rings (SSSR count). The molecule has 0 bridgehead atoms. The Balaban J connectivity index is 0.00000341. The minimum Gasteiger partial charge on any atom is -0.356 e. The van der Waals surface area contributed by atoms with Gasteiger partial charge in [-0.3, -0.25) is 4.99 Å². The highest BCUT2D eigenvalue weighted by Crippen LogP contribution is 2.16. The maximum Gasteiger partial charge on any atom is 0.242 e. The van der Waals surface area contributed by atoms with Crippen molar-refractivity contribution in [3.63, 3.8) is 0 Å². The first-order valence-electron chi connectivity index (χ1n) is 9.52. The standard InChI is InChI=1S/C20H27N7O2S.HI/c1-21-20(22-10-11-24-30(28,29)17-9-12-26(2)14-17)27(3)15-19-23-13-18(25-19)16-7-5-4-6-8-16;/h4-9,12-14,24H,10-11,15H2,1-3H3,(H,21,22)(H,23,25);1H. The van der Waals surface area contributed by atoms with Crippen LogP contribution in [0.25, 0.3) is 11.3 Å². The van der Waals surface area contributed by atoms with Crippen LogP contribution in [0.2, 0.25) is 0 Å². The SMILES string of the molecule is CN=C(NCCNS(=O)(=O)c1ccn(C)c1)N(C)Cc1ncc(-c2ccccc2)[nH]1.I. The number of benzene rings is 1. The molecule has 0 amide bonds. The second kappa shape index (κ2) is 11.3. The summed E-state index contributed by atoms with van der Waals surface area (Å²) in [6.07, 6.45) is 5.07. The van der Waals surface area contributed by atoms with Crippen molar-refractivity contribution in [2.24, 2.45) is 12.0 Å². The molecule has 0 aliphatic heterocycles. The smallest absolute Gasteiger partial charge is 0.242 e. The molecule has 0 radical (unpaired) electrons. The molecule has 31 heavy (non-hydrogen) atoms. The zero-order valence-electron chi connectivity index (χ0n) is 17.7. The van der Waals surface area contributed by atoms with Gasteiger partial charge in [-0.1, -0.05) is 30.3 Å². The summed E-state index contributed by atoms with van der Waals surface area (Å²) in [5.74, 6) is 1.45. The van der Waals surface area contributed by atoms with Crippen molar-refractivity contribution >= 4 is 40.0 Å². The lowest BCUT2D eigenvalue weighted by molar-refractivity contribution is 0.464. The van der Waals surface area contributed by atoms with Crippen LogP contribution in [-0.2, 0) is 23.6 Å². The molecule has 0 saturated carbocycles. The molecule has 0 saturated heterocycles. The van der Waals surface area contributed by atoms with Gasteiger partial charge in [0.05, 0.1) is 23.3 Å². The molecule has 0 atom stereocenters. The van der Waals surface area contributed by atoms with E-state index in [1.165, 1.54) is 0 Å². The highest BCUT2D eigenvalue weighted by Gasteiger charge is 2.15. The highest BCUT2D eigenvalue weighted by molar-refractivity contribution is 14.0. The van der Waals surface area contributed by atoms with Crippen molar-refractivity contribution in [3.8, 4) is 11.3 Å². The molecule has 0 aliphatic carbocycles. The predicted octanol–water partition coefficient (Wildman–Crippen LogP) is 2.02. The number of guanidine groups is 1. The van der Waals surface area contributed by atoms with E-state index in [1.54, 1.807) is 37.1 Å². The monoisotopic (exact) mass is 557 g/mol. The molecule has 0 aliphatic rings. The molecule has 1 aromatic carbocycles. The largest absolute Gasteiger partial charge is 0.356 e. The van der Waals surface area contributed by atoms with Gasteiger partial charge in [0.2, 0.25) is 10.0 Å². The van der Waals surface area contributed by atoms with E-state index in [-0.39, 0.29) is 35.4 Å². The Morgan fingerprint density at radius 3 is 2.61 bits per heavy atom. The number of rotatable bonds is 8. The summed E-state index contributed by atoms with van der Waals surface area (Å²) in [5, 5.41) is 3.16. The van der Waals surface area contributed by atoms with Crippen LogP contribution < -0.4 is 10.0 Å². The van der Waals surface area contributed by atoms with Crippen LogP contribution in [-0.4, -0.2) is 61.0 Å². The first-order chi connectivity index (χ1) is 14.4. The molecule has 3 N–H and O–H groups in total. The maximum atomic E-state index is 12.2. The van der Waals surface area contributed by atoms with Gasteiger partial charge in [-0.2, -0.15) is 0 Å².